The maximum atomic E-state index is 13.8. The first-order valence-electron chi connectivity index (χ1n) is 9.00. The number of hydrogen-bond donors (Lipinski definition) is 1. The summed E-state index contributed by atoms with van der Waals surface area (Å²) in [5.74, 6) is 0.0267. The third-order valence-electron chi connectivity index (χ3n) is 6.13. The van der Waals surface area contributed by atoms with Crippen molar-refractivity contribution in [1.29, 1.82) is 0 Å². The highest BCUT2D eigenvalue weighted by Gasteiger charge is 2.49. The summed E-state index contributed by atoms with van der Waals surface area (Å²) in [5.41, 5.74) is 0.393. The van der Waals surface area contributed by atoms with E-state index >= 15 is 0 Å². The molecule has 2 aliphatic heterocycles. The van der Waals surface area contributed by atoms with Gasteiger partial charge in [-0.2, -0.15) is 0 Å². The third kappa shape index (κ3) is 2.84. The van der Waals surface area contributed by atoms with Gasteiger partial charge in [0.1, 0.15) is 5.82 Å². The lowest BCUT2D eigenvalue weighted by molar-refractivity contribution is -0.140. The Hall–Kier alpha value is -1.13. The SMILES string of the molecule is Cl.O=C(N1C2CCNCC1CC2)C1(c2cccc(F)c2)CCCC1. The molecule has 132 valence electrons. The number of amides is 1. The van der Waals surface area contributed by atoms with Gasteiger partial charge in [-0.3, -0.25) is 4.79 Å². The van der Waals surface area contributed by atoms with E-state index in [1.54, 1.807) is 12.1 Å². The van der Waals surface area contributed by atoms with Crippen LogP contribution >= 0.6 is 12.4 Å². The Kier molecular flexibility index (Phi) is 5.16. The highest BCUT2D eigenvalue weighted by Crippen LogP contribution is 2.45. The van der Waals surface area contributed by atoms with Crippen LogP contribution in [0, 0.1) is 5.82 Å². The minimum absolute atomic E-state index is 0. The van der Waals surface area contributed by atoms with Crippen LogP contribution in [0.25, 0.3) is 0 Å². The highest BCUT2D eigenvalue weighted by molar-refractivity contribution is 5.89. The van der Waals surface area contributed by atoms with Crippen molar-refractivity contribution in [3.05, 3.63) is 35.6 Å². The van der Waals surface area contributed by atoms with Gasteiger partial charge in [0.25, 0.3) is 0 Å². The number of benzene rings is 1. The van der Waals surface area contributed by atoms with Gasteiger partial charge in [-0.05, 0) is 56.3 Å². The molecule has 2 saturated heterocycles. The van der Waals surface area contributed by atoms with E-state index in [9.17, 15) is 9.18 Å². The molecule has 0 aromatic heterocycles. The normalized spacial score (nSPS) is 28.3. The molecule has 5 heteroatoms. The van der Waals surface area contributed by atoms with Gasteiger partial charge in [-0.1, -0.05) is 25.0 Å². The number of fused-ring (bicyclic) bond motifs is 2. The highest BCUT2D eigenvalue weighted by atomic mass is 35.5. The van der Waals surface area contributed by atoms with E-state index in [0.29, 0.717) is 12.1 Å². The Morgan fingerprint density at radius 2 is 1.92 bits per heavy atom. The summed E-state index contributed by atoms with van der Waals surface area (Å²) >= 11 is 0. The molecule has 2 atom stereocenters. The lowest BCUT2D eigenvalue weighted by Gasteiger charge is -2.38. The van der Waals surface area contributed by atoms with Gasteiger partial charge in [0.15, 0.2) is 0 Å². The smallest absolute Gasteiger partial charge is 0.233 e. The molecule has 0 spiro atoms. The van der Waals surface area contributed by atoms with Crippen molar-refractivity contribution in [2.24, 2.45) is 0 Å². The maximum Gasteiger partial charge on any atom is 0.233 e. The summed E-state index contributed by atoms with van der Waals surface area (Å²) in [5, 5.41) is 3.46. The Labute approximate surface area is 149 Å². The second-order valence-electron chi connectivity index (χ2n) is 7.39. The molecule has 4 rings (SSSR count). The van der Waals surface area contributed by atoms with E-state index in [0.717, 1.165) is 63.6 Å². The van der Waals surface area contributed by atoms with Gasteiger partial charge in [0, 0.05) is 18.6 Å². The lowest BCUT2D eigenvalue weighted by Crippen LogP contribution is -2.51. The average molecular weight is 353 g/mol. The molecule has 1 amide bonds. The summed E-state index contributed by atoms with van der Waals surface area (Å²) < 4.78 is 13.8. The number of carbonyl (C=O) groups is 1. The average Bonchev–Trinajstić information content (AvgIpc) is 3.11. The Morgan fingerprint density at radius 1 is 1.17 bits per heavy atom. The molecule has 1 aliphatic carbocycles. The second-order valence-corrected chi connectivity index (χ2v) is 7.39. The molecule has 1 N–H and O–H groups in total. The quantitative estimate of drug-likeness (QED) is 0.884. The zero-order valence-electron chi connectivity index (χ0n) is 14.0. The van der Waals surface area contributed by atoms with Gasteiger partial charge < -0.3 is 10.2 Å². The van der Waals surface area contributed by atoms with Crippen LogP contribution in [-0.2, 0) is 10.2 Å². The zero-order valence-corrected chi connectivity index (χ0v) is 14.8. The minimum Gasteiger partial charge on any atom is -0.335 e. The first-order valence-corrected chi connectivity index (χ1v) is 9.00. The van der Waals surface area contributed by atoms with Crippen molar-refractivity contribution in [1.82, 2.24) is 10.2 Å². The molecule has 24 heavy (non-hydrogen) atoms. The van der Waals surface area contributed by atoms with Gasteiger partial charge in [0.05, 0.1) is 5.41 Å². The number of rotatable bonds is 2. The largest absolute Gasteiger partial charge is 0.335 e. The van der Waals surface area contributed by atoms with Crippen LogP contribution in [0.5, 0.6) is 0 Å². The summed E-state index contributed by atoms with van der Waals surface area (Å²) in [7, 11) is 0. The lowest BCUT2D eigenvalue weighted by atomic mass is 9.77. The van der Waals surface area contributed by atoms with Gasteiger partial charge >= 0.3 is 0 Å². The van der Waals surface area contributed by atoms with Crippen molar-refractivity contribution in [2.75, 3.05) is 13.1 Å². The van der Waals surface area contributed by atoms with E-state index in [-0.39, 0.29) is 24.1 Å². The van der Waals surface area contributed by atoms with Crippen molar-refractivity contribution < 1.29 is 9.18 Å². The topological polar surface area (TPSA) is 32.3 Å². The fraction of sp³-hybridized carbons (Fsp3) is 0.632. The van der Waals surface area contributed by atoms with E-state index in [1.807, 2.05) is 6.07 Å². The molecule has 1 aromatic carbocycles. The molecule has 2 unspecified atom stereocenters. The fourth-order valence-corrected chi connectivity index (χ4v) is 4.95. The maximum absolute atomic E-state index is 13.8. The van der Waals surface area contributed by atoms with E-state index in [1.165, 1.54) is 6.07 Å². The minimum atomic E-state index is -0.493. The van der Waals surface area contributed by atoms with E-state index in [4.69, 9.17) is 0 Å². The summed E-state index contributed by atoms with van der Waals surface area (Å²) in [4.78, 5) is 15.8. The Bertz CT molecular complexity index is 589. The van der Waals surface area contributed by atoms with Gasteiger partial charge in [-0.25, -0.2) is 4.39 Å². The first-order chi connectivity index (χ1) is 11.2. The van der Waals surface area contributed by atoms with Crippen LogP contribution in [0.2, 0.25) is 0 Å². The molecule has 3 aliphatic rings. The number of nitrogens with one attached hydrogen (secondary N) is 1. The summed E-state index contributed by atoms with van der Waals surface area (Å²) in [6.45, 7) is 1.90. The fourth-order valence-electron chi connectivity index (χ4n) is 4.95. The first kappa shape index (κ1) is 17.7. The molecular weight excluding hydrogens is 327 g/mol. The zero-order chi connectivity index (χ0) is 15.9. The Balaban J connectivity index is 0.00000169. The molecule has 3 fully saturated rings. The predicted octanol–water partition coefficient (Wildman–Crippen LogP) is 3.41. The molecule has 2 bridgehead atoms. The second kappa shape index (κ2) is 7.01. The van der Waals surface area contributed by atoms with E-state index < -0.39 is 5.41 Å². The molecule has 0 radical (unpaired) electrons. The van der Waals surface area contributed by atoms with Gasteiger partial charge in [-0.15, -0.1) is 12.4 Å². The summed E-state index contributed by atoms with van der Waals surface area (Å²) in [6, 6.07) is 7.44. The number of hydrogen-bond acceptors (Lipinski definition) is 2. The standard InChI is InChI=1S/C19H25FN2O.ClH/c20-15-5-3-4-14(12-15)19(9-1-2-10-19)18(23)22-16-6-7-17(22)13-21-11-8-16;/h3-5,12,16-17,21H,1-2,6-11,13H2;1H. The number of nitrogens with zero attached hydrogens (tertiary/aromatic N) is 1. The Morgan fingerprint density at radius 3 is 2.67 bits per heavy atom. The molecule has 1 saturated carbocycles. The van der Waals surface area contributed by atoms with Gasteiger partial charge in [0.2, 0.25) is 5.91 Å². The van der Waals surface area contributed by atoms with Crippen molar-refractivity contribution in [3.63, 3.8) is 0 Å². The molecule has 1 aromatic rings. The number of halogens is 2. The van der Waals surface area contributed by atoms with Crippen LogP contribution in [-0.4, -0.2) is 36.0 Å². The van der Waals surface area contributed by atoms with Crippen LogP contribution in [0.1, 0.15) is 50.5 Å². The van der Waals surface area contributed by atoms with Crippen molar-refractivity contribution in [3.8, 4) is 0 Å². The van der Waals surface area contributed by atoms with Crippen molar-refractivity contribution >= 4 is 18.3 Å². The molecular formula is C19H26ClFN2O. The summed E-state index contributed by atoms with van der Waals surface area (Å²) in [6.07, 6.45) is 7.10. The monoisotopic (exact) mass is 352 g/mol. The van der Waals surface area contributed by atoms with Crippen LogP contribution in [0.3, 0.4) is 0 Å². The van der Waals surface area contributed by atoms with Crippen LogP contribution < -0.4 is 5.32 Å². The van der Waals surface area contributed by atoms with Crippen LogP contribution in [0.4, 0.5) is 4.39 Å². The van der Waals surface area contributed by atoms with E-state index in [2.05, 4.69) is 10.2 Å². The molecule has 2 heterocycles. The van der Waals surface area contributed by atoms with Crippen LogP contribution in [0.15, 0.2) is 24.3 Å². The predicted molar refractivity (Wildman–Crippen MR) is 94.9 cm³/mol. The number of carbonyl (C=O) groups excluding carboxylic acids is 1. The third-order valence-corrected chi connectivity index (χ3v) is 6.13. The van der Waals surface area contributed by atoms with Crippen molar-refractivity contribution in [2.45, 2.75) is 62.4 Å². The molecule has 3 nitrogen and oxygen atoms in total.